The van der Waals surface area contributed by atoms with Crippen molar-refractivity contribution in [1.82, 2.24) is 9.65 Å². The van der Waals surface area contributed by atoms with E-state index in [0.29, 0.717) is 17.6 Å². The number of rotatable bonds is 1. The molecule has 0 amide bonds. The van der Waals surface area contributed by atoms with Crippen molar-refractivity contribution in [3.63, 3.8) is 0 Å². The summed E-state index contributed by atoms with van der Waals surface area (Å²) in [5, 5.41) is 8.86. The largest absolute Gasteiger partial charge is 0.364 e. The third kappa shape index (κ3) is 1.48. The van der Waals surface area contributed by atoms with Crippen LogP contribution in [0.1, 0.15) is 12.0 Å². The van der Waals surface area contributed by atoms with Crippen LogP contribution in [0.15, 0.2) is 18.5 Å². The zero-order chi connectivity index (χ0) is 11.1. The average molecular weight is 232 g/mol. The number of nitrogens with zero attached hydrogens (tertiary/aromatic N) is 4. The standard InChI is InChI=1S/C11H13N4P/c12-3-8-1-9(5-13-4-8)14-6-11-2-10(14)7-15(11)16/h1,4-5,10-11H,2,6-7,16H2. The first-order chi connectivity index (χ1) is 7.78. The number of nitriles is 1. The van der Waals surface area contributed by atoms with Crippen LogP contribution < -0.4 is 4.90 Å². The van der Waals surface area contributed by atoms with E-state index in [2.05, 4.69) is 30.0 Å². The number of pyridine rings is 1. The summed E-state index contributed by atoms with van der Waals surface area (Å²) in [4.78, 5) is 6.49. The zero-order valence-electron chi connectivity index (χ0n) is 8.87. The maximum Gasteiger partial charge on any atom is 0.101 e. The highest BCUT2D eigenvalue weighted by Crippen LogP contribution is 2.35. The Hall–Kier alpha value is -1.17. The molecule has 2 saturated heterocycles. The lowest BCUT2D eigenvalue weighted by Gasteiger charge is -2.33. The van der Waals surface area contributed by atoms with Crippen molar-refractivity contribution in [2.45, 2.75) is 18.5 Å². The number of anilines is 1. The molecule has 0 N–H and O–H groups in total. The third-order valence-corrected chi connectivity index (χ3v) is 4.10. The van der Waals surface area contributed by atoms with Crippen LogP contribution in [0.3, 0.4) is 0 Å². The number of fused-ring (bicyclic) bond motifs is 2. The van der Waals surface area contributed by atoms with Crippen LogP contribution in [0, 0.1) is 11.3 Å². The topological polar surface area (TPSA) is 43.2 Å². The highest BCUT2D eigenvalue weighted by molar-refractivity contribution is 7.13. The van der Waals surface area contributed by atoms with Gasteiger partial charge in [0.2, 0.25) is 0 Å². The molecule has 0 saturated carbocycles. The molecule has 0 aromatic carbocycles. The van der Waals surface area contributed by atoms with Gasteiger partial charge in [0.15, 0.2) is 0 Å². The number of hydrogen-bond donors (Lipinski definition) is 0. The number of aromatic nitrogens is 1. The van der Waals surface area contributed by atoms with E-state index in [1.54, 1.807) is 6.20 Å². The smallest absolute Gasteiger partial charge is 0.101 e. The second kappa shape index (κ2) is 3.69. The van der Waals surface area contributed by atoms with Crippen molar-refractivity contribution in [3.05, 3.63) is 24.0 Å². The fourth-order valence-electron chi connectivity index (χ4n) is 2.66. The Bertz CT molecular complexity index is 454. The quantitative estimate of drug-likeness (QED) is 0.678. The predicted molar refractivity (Wildman–Crippen MR) is 64.9 cm³/mol. The second-order valence-electron chi connectivity index (χ2n) is 4.44. The van der Waals surface area contributed by atoms with Crippen molar-refractivity contribution in [3.8, 4) is 6.07 Å². The van der Waals surface area contributed by atoms with E-state index in [1.807, 2.05) is 12.3 Å². The second-order valence-corrected chi connectivity index (χ2v) is 5.10. The molecule has 82 valence electrons. The molecule has 3 heterocycles. The van der Waals surface area contributed by atoms with Gasteiger partial charge in [-0.25, -0.2) is 0 Å². The summed E-state index contributed by atoms with van der Waals surface area (Å²) in [5.74, 6) is 0. The minimum atomic E-state index is 0.582. The first kappa shape index (κ1) is 10.0. The molecular formula is C11H13N4P. The zero-order valence-corrected chi connectivity index (χ0v) is 10.0. The molecule has 0 radical (unpaired) electrons. The Labute approximate surface area is 97.1 Å². The van der Waals surface area contributed by atoms with Gasteiger partial charge >= 0.3 is 0 Å². The molecule has 2 aliphatic heterocycles. The molecule has 4 nitrogen and oxygen atoms in total. The van der Waals surface area contributed by atoms with Crippen LogP contribution in [-0.2, 0) is 0 Å². The Morgan fingerprint density at radius 1 is 1.38 bits per heavy atom. The minimum Gasteiger partial charge on any atom is -0.364 e. The van der Waals surface area contributed by atoms with Crippen molar-refractivity contribution >= 4 is 15.1 Å². The molecular weight excluding hydrogens is 219 g/mol. The van der Waals surface area contributed by atoms with Crippen molar-refractivity contribution < 1.29 is 0 Å². The highest BCUT2D eigenvalue weighted by atomic mass is 31.0. The van der Waals surface area contributed by atoms with Crippen molar-refractivity contribution in [2.24, 2.45) is 0 Å². The van der Waals surface area contributed by atoms with Gasteiger partial charge in [0.05, 0.1) is 17.4 Å². The highest BCUT2D eigenvalue weighted by Gasteiger charge is 2.41. The summed E-state index contributed by atoms with van der Waals surface area (Å²) in [6, 6.07) is 5.29. The van der Waals surface area contributed by atoms with Gasteiger partial charge in [-0.3, -0.25) is 9.65 Å². The SMILES string of the molecule is N#Cc1cncc(N2CC3CC2CN3P)c1. The number of piperazine rings is 1. The van der Waals surface area contributed by atoms with Gasteiger partial charge in [-0.1, -0.05) is 9.39 Å². The molecule has 0 aliphatic carbocycles. The first-order valence-electron chi connectivity index (χ1n) is 5.41. The van der Waals surface area contributed by atoms with E-state index in [-0.39, 0.29) is 0 Å². The molecule has 3 rings (SSSR count). The van der Waals surface area contributed by atoms with Gasteiger partial charge in [0.1, 0.15) is 6.07 Å². The lowest BCUT2D eigenvalue weighted by atomic mass is 10.2. The molecule has 2 aliphatic rings. The summed E-state index contributed by atoms with van der Waals surface area (Å²) in [5.41, 5.74) is 1.73. The number of hydrogen-bond acceptors (Lipinski definition) is 4. The summed E-state index contributed by atoms with van der Waals surface area (Å²) in [7, 11) is 2.80. The molecule has 1 aromatic heterocycles. The fourth-order valence-corrected chi connectivity index (χ4v) is 3.12. The summed E-state index contributed by atoms with van der Waals surface area (Å²) in [6.45, 7) is 2.14. The monoisotopic (exact) mass is 232 g/mol. The van der Waals surface area contributed by atoms with Gasteiger partial charge in [-0.2, -0.15) is 5.26 Å². The lowest BCUT2D eigenvalue weighted by molar-refractivity contribution is 0.410. The summed E-state index contributed by atoms with van der Waals surface area (Å²) < 4.78 is 2.34. The Balaban J connectivity index is 1.87. The predicted octanol–water partition coefficient (Wildman–Crippen LogP) is 1.01. The summed E-state index contributed by atoms with van der Waals surface area (Å²) in [6.07, 6.45) is 4.69. The van der Waals surface area contributed by atoms with E-state index in [4.69, 9.17) is 5.26 Å². The fraction of sp³-hybridized carbons (Fsp3) is 0.455. The summed E-state index contributed by atoms with van der Waals surface area (Å²) >= 11 is 0. The van der Waals surface area contributed by atoms with E-state index < -0.39 is 0 Å². The maximum atomic E-state index is 8.86. The molecule has 16 heavy (non-hydrogen) atoms. The lowest BCUT2D eigenvalue weighted by Crippen LogP contribution is -2.42. The molecule has 0 spiro atoms. The Kier molecular flexibility index (Phi) is 2.31. The Morgan fingerprint density at radius 3 is 2.88 bits per heavy atom. The molecule has 5 heteroatoms. The van der Waals surface area contributed by atoms with Crippen LogP contribution in [0.25, 0.3) is 0 Å². The molecule has 3 atom stereocenters. The Morgan fingerprint density at radius 2 is 2.25 bits per heavy atom. The van der Waals surface area contributed by atoms with Crippen LogP contribution in [0.4, 0.5) is 5.69 Å². The van der Waals surface area contributed by atoms with Gasteiger partial charge < -0.3 is 4.90 Å². The first-order valence-corrected chi connectivity index (χ1v) is 5.92. The maximum absolute atomic E-state index is 8.86. The van der Waals surface area contributed by atoms with E-state index >= 15 is 0 Å². The van der Waals surface area contributed by atoms with Crippen LogP contribution >= 0.6 is 9.39 Å². The molecule has 2 fully saturated rings. The average Bonchev–Trinajstić information content (AvgIpc) is 2.88. The van der Waals surface area contributed by atoms with Gasteiger partial charge in [0, 0.05) is 31.4 Å². The molecule has 2 bridgehead atoms. The third-order valence-electron chi connectivity index (χ3n) is 3.47. The van der Waals surface area contributed by atoms with E-state index in [0.717, 1.165) is 18.8 Å². The van der Waals surface area contributed by atoms with Gasteiger partial charge in [-0.05, 0) is 12.5 Å². The van der Waals surface area contributed by atoms with Crippen LogP contribution in [0.5, 0.6) is 0 Å². The van der Waals surface area contributed by atoms with Gasteiger partial charge in [0.25, 0.3) is 0 Å². The molecule has 3 unspecified atom stereocenters. The van der Waals surface area contributed by atoms with E-state index in [1.165, 1.54) is 6.42 Å². The van der Waals surface area contributed by atoms with E-state index in [9.17, 15) is 0 Å². The van der Waals surface area contributed by atoms with Crippen molar-refractivity contribution in [1.29, 1.82) is 5.26 Å². The molecule has 1 aromatic rings. The van der Waals surface area contributed by atoms with Crippen molar-refractivity contribution in [2.75, 3.05) is 18.0 Å². The van der Waals surface area contributed by atoms with Crippen LogP contribution in [0.2, 0.25) is 0 Å². The van der Waals surface area contributed by atoms with Gasteiger partial charge in [-0.15, -0.1) is 0 Å². The minimum absolute atomic E-state index is 0.582. The van der Waals surface area contributed by atoms with Crippen LogP contribution in [-0.4, -0.2) is 34.8 Å². The normalized spacial score (nSPS) is 28.4.